The van der Waals surface area contributed by atoms with Crippen LogP contribution < -0.4 is 4.90 Å². The standard InChI is InChI=1S/C60H41NO/c1-2-12-42(13-3-1)49-17-10-18-50(40-49)45-30-36-53(37-31-45)61(54-38-32-48(33-39-54)57-20-7-8-21-58(57)60-41-51-15-5-9-23-59(51)62-60)52-34-28-44(29-35-52)43-24-26-47(27-25-43)56-22-11-16-46-14-4-6-19-55(46)56/h1-41H. The summed E-state index contributed by atoms with van der Waals surface area (Å²) >= 11 is 0. The van der Waals surface area contributed by atoms with Crippen molar-refractivity contribution in [3.05, 3.63) is 249 Å². The third kappa shape index (κ3) is 7.14. The summed E-state index contributed by atoms with van der Waals surface area (Å²) in [5.74, 6) is 0.866. The summed E-state index contributed by atoms with van der Waals surface area (Å²) in [6, 6.07) is 89.0. The van der Waals surface area contributed by atoms with Crippen LogP contribution in [0.1, 0.15) is 0 Å². The van der Waals surface area contributed by atoms with E-state index in [1.807, 2.05) is 18.2 Å². The quantitative estimate of drug-likeness (QED) is 0.145. The number of fused-ring (bicyclic) bond motifs is 2. The molecule has 0 saturated carbocycles. The number of nitrogens with zero attached hydrogens (tertiary/aromatic N) is 1. The van der Waals surface area contributed by atoms with Gasteiger partial charge in [-0.1, -0.05) is 194 Å². The van der Waals surface area contributed by atoms with Gasteiger partial charge in [-0.2, -0.15) is 0 Å². The zero-order valence-corrected chi connectivity index (χ0v) is 34.0. The van der Waals surface area contributed by atoms with Gasteiger partial charge >= 0.3 is 0 Å². The summed E-state index contributed by atoms with van der Waals surface area (Å²) in [5, 5.41) is 3.62. The van der Waals surface area contributed by atoms with Crippen LogP contribution in [0.5, 0.6) is 0 Å². The van der Waals surface area contributed by atoms with Crippen molar-refractivity contribution in [1.82, 2.24) is 0 Å². The first-order valence-electron chi connectivity index (χ1n) is 21.2. The number of hydrogen-bond donors (Lipinski definition) is 0. The molecule has 2 heteroatoms. The van der Waals surface area contributed by atoms with Crippen LogP contribution in [0, 0.1) is 0 Å². The fourth-order valence-electron chi connectivity index (χ4n) is 8.74. The van der Waals surface area contributed by atoms with Gasteiger partial charge in [-0.25, -0.2) is 0 Å². The van der Waals surface area contributed by atoms with Gasteiger partial charge < -0.3 is 9.32 Å². The van der Waals surface area contributed by atoms with Gasteiger partial charge in [0, 0.05) is 28.0 Å². The summed E-state index contributed by atoms with van der Waals surface area (Å²) in [4.78, 5) is 2.34. The third-order valence-electron chi connectivity index (χ3n) is 11.9. The summed E-state index contributed by atoms with van der Waals surface area (Å²) in [6.07, 6.45) is 0. The van der Waals surface area contributed by atoms with Crippen LogP contribution in [0.4, 0.5) is 17.1 Å². The Hall–Kier alpha value is -8.20. The molecule has 0 aliphatic carbocycles. The molecule has 0 N–H and O–H groups in total. The van der Waals surface area contributed by atoms with Crippen molar-refractivity contribution in [2.75, 3.05) is 4.90 Å². The van der Waals surface area contributed by atoms with E-state index >= 15 is 0 Å². The van der Waals surface area contributed by atoms with Gasteiger partial charge in [-0.05, 0) is 121 Å². The van der Waals surface area contributed by atoms with Crippen molar-refractivity contribution in [3.8, 4) is 67.0 Å². The fourth-order valence-corrected chi connectivity index (χ4v) is 8.74. The van der Waals surface area contributed by atoms with E-state index in [4.69, 9.17) is 4.42 Å². The maximum Gasteiger partial charge on any atom is 0.136 e. The lowest BCUT2D eigenvalue weighted by Gasteiger charge is -2.26. The highest BCUT2D eigenvalue weighted by Gasteiger charge is 2.16. The van der Waals surface area contributed by atoms with Crippen LogP contribution in [0.3, 0.4) is 0 Å². The first kappa shape index (κ1) is 36.8. The number of anilines is 3. The van der Waals surface area contributed by atoms with E-state index in [1.54, 1.807) is 0 Å². The number of furan rings is 1. The Kier molecular flexibility index (Phi) is 9.57. The predicted molar refractivity (Wildman–Crippen MR) is 261 cm³/mol. The topological polar surface area (TPSA) is 16.4 Å². The van der Waals surface area contributed by atoms with E-state index in [0.717, 1.165) is 50.5 Å². The molecule has 0 bridgehead atoms. The third-order valence-corrected chi connectivity index (χ3v) is 11.9. The summed E-state index contributed by atoms with van der Waals surface area (Å²) in [6.45, 7) is 0. The molecular weight excluding hydrogens is 751 g/mol. The summed E-state index contributed by atoms with van der Waals surface area (Å²) in [5.41, 5.74) is 17.0. The van der Waals surface area contributed by atoms with Crippen LogP contribution >= 0.6 is 0 Å². The van der Waals surface area contributed by atoms with E-state index in [1.165, 1.54) is 55.3 Å². The number of hydrogen-bond acceptors (Lipinski definition) is 2. The largest absolute Gasteiger partial charge is 0.456 e. The Bertz CT molecular complexity index is 3270. The molecular formula is C60H41NO. The molecule has 0 saturated heterocycles. The van der Waals surface area contributed by atoms with Crippen LogP contribution in [-0.2, 0) is 0 Å². The van der Waals surface area contributed by atoms with E-state index in [2.05, 4.69) is 235 Å². The molecule has 292 valence electrons. The minimum atomic E-state index is 0.866. The lowest BCUT2D eigenvalue weighted by molar-refractivity contribution is 0.632. The molecule has 11 rings (SSSR count). The average Bonchev–Trinajstić information content (AvgIpc) is 3.80. The number of para-hydroxylation sites is 1. The molecule has 0 spiro atoms. The monoisotopic (exact) mass is 791 g/mol. The van der Waals surface area contributed by atoms with Crippen LogP contribution in [0.2, 0.25) is 0 Å². The average molecular weight is 792 g/mol. The van der Waals surface area contributed by atoms with Crippen LogP contribution in [0.15, 0.2) is 253 Å². The molecule has 0 fully saturated rings. The Morgan fingerprint density at radius 3 is 1.34 bits per heavy atom. The van der Waals surface area contributed by atoms with Crippen molar-refractivity contribution in [2.45, 2.75) is 0 Å². The second kappa shape index (κ2) is 16.1. The smallest absolute Gasteiger partial charge is 0.136 e. The SMILES string of the molecule is c1ccc(-c2cccc(-c3ccc(N(c4ccc(-c5ccc(-c6cccc7ccccc67)cc5)cc4)c4ccc(-c5ccccc5-c5cc6ccccc6o5)cc4)cc3)c2)cc1. The highest BCUT2D eigenvalue weighted by atomic mass is 16.3. The Balaban J connectivity index is 0.935. The molecule has 11 aromatic rings. The molecule has 1 aromatic heterocycles. The zero-order valence-electron chi connectivity index (χ0n) is 34.0. The number of benzene rings is 10. The highest BCUT2D eigenvalue weighted by molar-refractivity contribution is 5.97. The van der Waals surface area contributed by atoms with Gasteiger partial charge in [0.15, 0.2) is 0 Å². The van der Waals surface area contributed by atoms with Crippen LogP contribution in [-0.4, -0.2) is 0 Å². The van der Waals surface area contributed by atoms with Crippen molar-refractivity contribution >= 4 is 38.8 Å². The lowest BCUT2D eigenvalue weighted by Crippen LogP contribution is -2.09. The summed E-state index contributed by atoms with van der Waals surface area (Å²) < 4.78 is 6.34. The van der Waals surface area contributed by atoms with E-state index < -0.39 is 0 Å². The molecule has 0 aliphatic rings. The molecule has 1 heterocycles. The minimum absolute atomic E-state index is 0.866. The molecule has 0 amide bonds. The molecule has 2 nitrogen and oxygen atoms in total. The normalized spacial score (nSPS) is 11.2. The van der Waals surface area contributed by atoms with Crippen molar-refractivity contribution < 1.29 is 4.42 Å². The van der Waals surface area contributed by atoms with E-state index in [-0.39, 0.29) is 0 Å². The van der Waals surface area contributed by atoms with Crippen molar-refractivity contribution in [3.63, 3.8) is 0 Å². The molecule has 0 atom stereocenters. The lowest BCUT2D eigenvalue weighted by atomic mass is 9.96. The summed E-state index contributed by atoms with van der Waals surface area (Å²) in [7, 11) is 0. The van der Waals surface area contributed by atoms with E-state index in [0.29, 0.717) is 0 Å². The second-order valence-corrected chi connectivity index (χ2v) is 15.7. The van der Waals surface area contributed by atoms with Gasteiger partial charge in [0.25, 0.3) is 0 Å². The molecule has 0 unspecified atom stereocenters. The van der Waals surface area contributed by atoms with Crippen molar-refractivity contribution in [2.24, 2.45) is 0 Å². The molecule has 10 aromatic carbocycles. The fraction of sp³-hybridized carbons (Fsp3) is 0. The van der Waals surface area contributed by atoms with Gasteiger partial charge in [-0.15, -0.1) is 0 Å². The Morgan fingerprint density at radius 1 is 0.258 bits per heavy atom. The van der Waals surface area contributed by atoms with Gasteiger partial charge in [-0.3, -0.25) is 0 Å². The molecule has 0 aliphatic heterocycles. The van der Waals surface area contributed by atoms with E-state index in [9.17, 15) is 0 Å². The first-order chi connectivity index (χ1) is 30.7. The number of rotatable bonds is 9. The zero-order chi connectivity index (χ0) is 41.2. The Morgan fingerprint density at radius 2 is 0.677 bits per heavy atom. The van der Waals surface area contributed by atoms with Gasteiger partial charge in [0.1, 0.15) is 11.3 Å². The first-order valence-corrected chi connectivity index (χ1v) is 21.2. The predicted octanol–water partition coefficient (Wildman–Crippen LogP) is 17.1. The second-order valence-electron chi connectivity index (χ2n) is 15.7. The van der Waals surface area contributed by atoms with Crippen molar-refractivity contribution in [1.29, 1.82) is 0 Å². The Labute approximate surface area is 362 Å². The molecule has 0 radical (unpaired) electrons. The minimum Gasteiger partial charge on any atom is -0.456 e. The maximum absolute atomic E-state index is 6.34. The maximum atomic E-state index is 6.34. The van der Waals surface area contributed by atoms with Crippen LogP contribution in [0.25, 0.3) is 88.7 Å². The van der Waals surface area contributed by atoms with Gasteiger partial charge in [0.2, 0.25) is 0 Å². The molecule has 62 heavy (non-hydrogen) atoms. The van der Waals surface area contributed by atoms with Gasteiger partial charge in [0.05, 0.1) is 0 Å². The highest BCUT2D eigenvalue weighted by Crippen LogP contribution is 2.40.